The minimum atomic E-state index is -2.10. The molecule has 0 saturated carbocycles. The van der Waals surface area contributed by atoms with Crippen LogP contribution < -0.4 is 0 Å². The molecule has 0 aromatic rings. The Bertz CT molecular complexity index is 1200. The van der Waals surface area contributed by atoms with Gasteiger partial charge in [-0.25, -0.2) is 0 Å². The summed E-state index contributed by atoms with van der Waals surface area (Å²) in [4.78, 5) is 0. The normalized spacial score (nSPS) is 53.2. The summed E-state index contributed by atoms with van der Waals surface area (Å²) in [6.07, 6.45) is -41.0. The van der Waals surface area contributed by atoms with E-state index in [-0.39, 0.29) is 0 Å². The predicted octanol–water partition coefficient (Wildman–Crippen LogP) is -11.2. The van der Waals surface area contributed by atoms with Gasteiger partial charge in [-0.15, -0.1) is 11.8 Å². The van der Waals surface area contributed by atoms with Crippen LogP contribution in [-0.4, -0.2) is 272 Å². The van der Waals surface area contributed by atoms with E-state index in [0.717, 1.165) is 0 Å². The lowest BCUT2D eigenvalue weighted by molar-refractivity contribution is -0.385. The quantitative estimate of drug-likeness (QED) is 0.0818. The summed E-state index contributed by atoms with van der Waals surface area (Å²) in [6, 6.07) is 0. The lowest BCUT2D eigenvalue weighted by Crippen LogP contribution is -2.67. The summed E-state index contributed by atoms with van der Waals surface area (Å²) in [5.74, 6) is 0. The zero-order chi connectivity index (χ0) is 41.3. The first-order valence-corrected chi connectivity index (χ1v) is 18.6. The first kappa shape index (κ1) is 46.4. The van der Waals surface area contributed by atoms with Gasteiger partial charge in [0.2, 0.25) is 0 Å². The molecule has 0 bridgehead atoms. The van der Waals surface area contributed by atoms with Crippen LogP contribution in [0, 0.1) is 0 Å². The Morgan fingerprint density at radius 2 is 0.714 bits per heavy atom. The topological polar surface area (TPSA) is 418 Å². The van der Waals surface area contributed by atoms with Gasteiger partial charge in [0, 0.05) is 0 Å². The van der Waals surface area contributed by atoms with Crippen molar-refractivity contribution in [3.8, 4) is 0 Å². The van der Waals surface area contributed by atoms with E-state index in [0.29, 0.717) is 11.8 Å². The maximum absolute atomic E-state index is 11.1. The third-order valence-electron chi connectivity index (χ3n) is 10.3. The zero-order valence-corrected chi connectivity index (χ0v) is 30.1. The number of aliphatic hydroxyl groups excluding tert-OH is 17. The Kier molecular flexibility index (Phi) is 16.4. The summed E-state index contributed by atoms with van der Waals surface area (Å²) in [6.45, 7) is -4.30. The lowest BCUT2D eigenvalue weighted by atomic mass is 9.95. The van der Waals surface area contributed by atoms with Crippen molar-refractivity contribution in [3.05, 3.63) is 0 Å². The molecule has 25 atom stereocenters. The Hall–Kier alpha value is -0.650. The highest BCUT2D eigenvalue weighted by Gasteiger charge is 2.56. The maximum Gasteiger partial charge on any atom is 0.187 e. The average molecular weight is 845 g/mol. The molecule has 5 aliphatic heterocycles. The summed E-state index contributed by atoms with van der Waals surface area (Å²) in [5, 5.41) is 175. The van der Waals surface area contributed by atoms with Crippen molar-refractivity contribution in [1.82, 2.24) is 0 Å². The molecule has 0 spiro atoms. The van der Waals surface area contributed by atoms with Gasteiger partial charge < -0.3 is 125 Å². The van der Waals surface area contributed by atoms with Gasteiger partial charge in [0.05, 0.1) is 50.5 Å². The van der Waals surface area contributed by atoms with E-state index in [9.17, 15) is 86.8 Å². The molecule has 5 aliphatic rings. The smallest absolute Gasteiger partial charge is 0.187 e. The highest BCUT2D eigenvalue weighted by Crippen LogP contribution is 2.39. The van der Waals surface area contributed by atoms with Crippen LogP contribution in [0.3, 0.4) is 0 Å². The summed E-state index contributed by atoms with van der Waals surface area (Å²) in [7, 11) is 0. The van der Waals surface area contributed by atoms with Crippen LogP contribution in [0.4, 0.5) is 0 Å². The van der Waals surface area contributed by atoms with Crippen molar-refractivity contribution in [2.24, 2.45) is 0 Å². The summed E-state index contributed by atoms with van der Waals surface area (Å²) >= 11 is 0.606. The van der Waals surface area contributed by atoms with E-state index >= 15 is 0 Å². The van der Waals surface area contributed by atoms with Gasteiger partial charge in [-0.1, -0.05) is 0 Å². The minimum Gasteiger partial charge on any atom is -0.394 e. The van der Waals surface area contributed by atoms with Crippen LogP contribution in [0.25, 0.3) is 0 Å². The monoisotopic (exact) mass is 844 g/mol. The van der Waals surface area contributed by atoms with Gasteiger partial charge in [-0.05, 0) is 0 Å². The number of hydrogen-bond acceptors (Lipinski definition) is 26. The van der Waals surface area contributed by atoms with Crippen LogP contribution >= 0.6 is 11.8 Å². The van der Waals surface area contributed by atoms with E-state index in [4.69, 9.17) is 37.9 Å². The molecule has 0 amide bonds. The van der Waals surface area contributed by atoms with E-state index < -0.39 is 185 Å². The fourth-order valence-electron chi connectivity index (χ4n) is 7.03. The average Bonchev–Trinajstić information content (AvgIpc) is 3.19. The van der Waals surface area contributed by atoms with Crippen molar-refractivity contribution < 1.29 is 125 Å². The fraction of sp³-hybridized carbons (Fsp3) is 1.00. The van der Waals surface area contributed by atoms with E-state index in [1.54, 1.807) is 0 Å². The van der Waals surface area contributed by atoms with Crippen molar-refractivity contribution in [2.75, 3.05) is 33.0 Å². The molecular formula is C30H52O25S. The molecule has 5 rings (SSSR count). The van der Waals surface area contributed by atoms with Gasteiger partial charge >= 0.3 is 0 Å². The molecule has 5 fully saturated rings. The molecule has 17 N–H and O–H groups in total. The van der Waals surface area contributed by atoms with Crippen molar-refractivity contribution >= 4 is 11.8 Å². The predicted molar refractivity (Wildman–Crippen MR) is 173 cm³/mol. The third kappa shape index (κ3) is 9.31. The Labute approximate surface area is 321 Å². The largest absolute Gasteiger partial charge is 0.394 e. The van der Waals surface area contributed by atoms with Gasteiger partial charge in [-0.2, -0.15) is 0 Å². The fourth-order valence-corrected chi connectivity index (χ4v) is 8.52. The Balaban J connectivity index is 1.22. The van der Waals surface area contributed by atoms with Crippen molar-refractivity contribution in [3.63, 3.8) is 0 Å². The molecule has 328 valence electrons. The van der Waals surface area contributed by atoms with E-state index in [2.05, 4.69) is 0 Å². The Morgan fingerprint density at radius 3 is 1.14 bits per heavy atom. The second-order valence-corrected chi connectivity index (χ2v) is 15.2. The summed E-state index contributed by atoms with van der Waals surface area (Å²) < 4.78 is 44.0. The highest BCUT2D eigenvalue weighted by atomic mass is 32.2. The zero-order valence-electron chi connectivity index (χ0n) is 29.2. The van der Waals surface area contributed by atoms with E-state index in [1.807, 2.05) is 0 Å². The van der Waals surface area contributed by atoms with Crippen molar-refractivity contribution in [2.45, 2.75) is 152 Å². The minimum absolute atomic E-state index is 0.606. The first-order chi connectivity index (χ1) is 26.5. The molecule has 0 aromatic heterocycles. The number of rotatable bonds is 13. The van der Waals surface area contributed by atoms with Gasteiger partial charge in [0.15, 0.2) is 25.2 Å². The molecule has 25 nitrogen and oxygen atoms in total. The van der Waals surface area contributed by atoms with Gasteiger partial charge in [0.1, 0.15) is 109 Å². The standard InChI is InChI=1S/C30H52O25S/c31-1-6-11(36)12(37)21(46)30(52-6)56-25-10(5-35)51-29(20(45)16(25)41)55-24-9(4-34)50-28(19(44)15(24)40)54-23-8(3-33)49-27(18(43)14(23)39)53-22-7(2-32)48-26(47)17(42)13(22)38/h6-47H,1-5H2/t6-,7-,8-,9-,10-,11-,12+,13-,14-,15-,16-,17-,18-,19-,20-,21-,22-,23-,24-,25-,26-,27-,28-,29-,30-/m1/s1. The molecule has 56 heavy (non-hydrogen) atoms. The third-order valence-corrected chi connectivity index (χ3v) is 11.9. The van der Waals surface area contributed by atoms with Crippen LogP contribution in [0.15, 0.2) is 0 Å². The summed E-state index contributed by atoms with van der Waals surface area (Å²) in [5.41, 5.74) is -1.40. The van der Waals surface area contributed by atoms with Crippen LogP contribution in [0.1, 0.15) is 0 Å². The van der Waals surface area contributed by atoms with Gasteiger partial charge in [-0.3, -0.25) is 0 Å². The molecular weight excluding hydrogens is 792 g/mol. The van der Waals surface area contributed by atoms with Gasteiger partial charge in [0.25, 0.3) is 0 Å². The Morgan fingerprint density at radius 1 is 0.339 bits per heavy atom. The molecule has 0 aliphatic carbocycles. The number of hydrogen-bond donors (Lipinski definition) is 17. The molecule has 5 saturated heterocycles. The second-order valence-electron chi connectivity index (χ2n) is 13.9. The van der Waals surface area contributed by atoms with Crippen molar-refractivity contribution in [1.29, 1.82) is 0 Å². The van der Waals surface area contributed by atoms with Crippen LogP contribution in [-0.2, 0) is 37.9 Å². The molecule has 0 aromatic carbocycles. The number of thioether (sulfide) groups is 1. The highest BCUT2D eigenvalue weighted by molar-refractivity contribution is 8.00. The first-order valence-electron chi connectivity index (χ1n) is 17.6. The maximum atomic E-state index is 11.1. The second kappa shape index (κ2) is 19.8. The lowest BCUT2D eigenvalue weighted by Gasteiger charge is -2.49. The number of aliphatic hydroxyl groups is 17. The van der Waals surface area contributed by atoms with Crippen LogP contribution in [0.5, 0.6) is 0 Å². The van der Waals surface area contributed by atoms with Crippen LogP contribution in [0.2, 0.25) is 0 Å². The number of ether oxygens (including phenoxy) is 8. The van der Waals surface area contributed by atoms with E-state index in [1.165, 1.54) is 0 Å². The molecule has 0 radical (unpaired) electrons. The SMILES string of the molecule is OC[C@H]1O[C@H](S[C@H]2[C@H](O)[C@@H](O)[C@@H](O[C@H]3[C@H](O)[C@@H](O)[C@@H](O[C@H]4[C@H](O)[C@@H](O)[C@@H](O[C@H]5[C@H](O)[C@@H](O)[C@H](O)O[C@@H]5CO)O[C@@H]4CO)O[C@@H]3CO)O[C@@H]2CO)[C@H](O)[C@@H](O)[C@@H]1O. The molecule has 0 unspecified atom stereocenters. The molecule has 26 heteroatoms. The molecule has 5 heterocycles.